The van der Waals surface area contributed by atoms with Crippen LogP contribution in [-0.4, -0.2) is 17.4 Å². The summed E-state index contributed by atoms with van der Waals surface area (Å²) in [6, 6.07) is 5.71. The van der Waals surface area contributed by atoms with Crippen molar-refractivity contribution in [2.45, 2.75) is 26.2 Å². The first-order valence-corrected chi connectivity index (χ1v) is 6.14. The lowest BCUT2D eigenvalue weighted by molar-refractivity contribution is 0.155. The van der Waals surface area contributed by atoms with Crippen LogP contribution >= 0.6 is 0 Å². The van der Waals surface area contributed by atoms with Gasteiger partial charge in [-0.3, -0.25) is 0 Å². The molecule has 6 heteroatoms. The number of aliphatic hydroxyl groups is 1. The van der Waals surface area contributed by atoms with E-state index in [2.05, 4.69) is 5.16 Å². The lowest BCUT2D eigenvalue weighted by Crippen LogP contribution is -2.01. The summed E-state index contributed by atoms with van der Waals surface area (Å²) >= 11 is 0. The van der Waals surface area contributed by atoms with Crippen LogP contribution in [0.3, 0.4) is 0 Å². The van der Waals surface area contributed by atoms with Gasteiger partial charge >= 0.3 is 0 Å². The first kappa shape index (κ1) is 14.5. The number of nitrogens with zero attached hydrogens (tertiary/aromatic N) is 1. The maximum absolute atomic E-state index is 13.2. The van der Waals surface area contributed by atoms with Crippen molar-refractivity contribution in [2.75, 3.05) is 7.11 Å². The molecule has 0 saturated carbocycles. The second-order valence-electron chi connectivity index (χ2n) is 4.36. The zero-order valence-corrected chi connectivity index (χ0v) is 11.3. The predicted molar refractivity (Wildman–Crippen MR) is 68.6 cm³/mol. The Labute approximate surface area is 115 Å². The van der Waals surface area contributed by atoms with Gasteiger partial charge in [-0.2, -0.15) is 0 Å². The van der Waals surface area contributed by atoms with Crippen LogP contribution < -0.4 is 4.74 Å². The molecule has 0 aliphatic rings. The van der Waals surface area contributed by atoms with Crippen LogP contribution in [0.15, 0.2) is 28.8 Å². The Morgan fingerprint density at radius 3 is 2.85 bits per heavy atom. The van der Waals surface area contributed by atoms with E-state index in [1.165, 1.54) is 18.2 Å². The molecule has 0 bridgehead atoms. The highest BCUT2D eigenvalue weighted by Crippen LogP contribution is 2.26. The maximum atomic E-state index is 13.2. The number of benzene rings is 1. The molecule has 1 heterocycles. The SMILES string of the molecule is COCc1cc(COc2cc(F)ccc2C(C)O)no1. The summed E-state index contributed by atoms with van der Waals surface area (Å²) in [5.74, 6) is 0.446. The molecule has 1 unspecified atom stereocenters. The summed E-state index contributed by atoms with van der Waals surface area (Å²) < 4.78 is 28.7. The lowest BCUT2D eigenvalue weighted by atomic mass is 10.1. The van der Waals surface area contributed by atoms with E-state index in [4.69, 9.17) is 14.0 Å². The monoisotopic (exact) mass is 281 g/mol. The fraction of sp³-hybridized carbons (Fsp3) is 0.357. The zero-order chi connectivity index (χ0) is 14.5. The summed E-state index contributed by atoms with van der Waals surface area (Å²) in [6.45, 7) is 2.04. The molecule has 0 spiro atoms. The molecular weight excluding hydrogens is 265 g/mol. The van der Waals surface area contributed by atoms with Crippen molar-refractivity contribution in [3.63, 3.8) is 0 Å². The molecule has 1 atom stereocenters. The molecule has 1 aromatic carbocycles. The van der Waals surface area contributed by atoms with Gasteiger partial charge in [0.2, 0.25) is 0 Å². The second-order valence-corrected chi connectivity index (χ2v) is 4.36. The number of hydrogen-bond acceptors (Lipinski definition) is 5. The fourth-order valence-electron chi connectivity index (χ4n) is 1.76. The third-order valence-corrected chi connectivity index (χ3v) is 2.70. The van der Waals surface area contributed by atoms with Crippen LogP contribution in [0.5, 0.6) is 5.75 Å². The van der Waals surface area contributed by atoms with E-state index in [-0.39, 0.29) is 12.4 Å². The quantitative estimate of drug-likeness (QED) is 0.881. The van der Waals surface area contributed by atoms with Gasteiger partial charge in [0, 0.05) is 24.8 Å². The number of methoxy groups -OCH3 is 1. The highest BCUT2D eigenvalue weighted by Gasteiger charge is 2.12. The molecule has 1 N–H and O–H groups in total. The second kappa shape index (κ2) is 6.49. The van der Waals surface area contributed by atoms with E-state index in [9.17, 15) is 9.50 Å². The molecule has 108 valence electrons. The standard InChI is InChI=1S/C14H16FNO4/c1-9(17)13-4-3-10(15)5-14(13)19-7-11-6-12(8-18-2)20-16-11/h3-6,9,17H,7-8H2,1-2H3. The molecule has 2 aromatic rings. The van der Waals surface area contributed by atoms with Crippen molar-refractivity contribution in [3.05, 3.63) is 47.1 Å². The number of ether oxygens (including phenoxy) is 2. The van der Waals surface area contributed by atoms with Gasteiger partial charge in [-0.1, -0.05) is 5.16 Å². The van der Waals surface area contributed by atoms with Crippen LogP contribution in [0.2, 0.25) is 0 Å². The molecule has 0 amide bonds. The number of halogens is 1. The van der Waals surface area contributed by atoms with E-state index in [0.717, 1.165) is 0 Å². The van der Waals surface area contributed by atoms with Crippen LogP contribution in [0.25, 0.3) is 0 Å². The van der Waals surface area contributed by atoms with Gasteiger partial charge in [-0.25, -0.2) is 4.39 Å². The Morgan fingerprint density at radius 1 is 1.35 bits per heavy atom. The molecule has 5 nitrogen and oxygen atoms in total. The van der Waals surface area contributed by atoms with Gasteiger partial charge in [0.1, 0.15) is 30.5 Å². The average Bonchev–Trinajstić information content (AvgIpc) is 2.84. The maximum Gasteiger partial charge on any atom is 0.162 e. The summed E-state index contributed by atoms with van der Waals surface area (Å²) in [4.78, 5) is 0. The third-order valence-electron chi connectivity index (χ3n) is 2.70. The van der Waals surface area contributed by atoms with Gasteiger partial charge in [-0.05, 0) is 19.1 Å². The predicted octanol–water partition coefficient (Wildman–Crippen LogP) is 2.59. The molecule has 0 fully saturated rings. The largest absolute Gasteiger partial charge is 0.487 e. The Kier molecular flexibility index (Phi) is 4.70. The third kappa shape index (κ3) is 3.55. The van der Waals surface area contributed by atoms with E-state index < -0.39 is 11.9 Å². The summed E-state index contributed by atoms with van der Waals surface area (Å²) in [6.07, 6.45) is -0.744. The van der Waals surface area contributed by atoms with Crippen LogP contribution in [-0.2, 0) is 18.0 Å². The van der Waals surface area contributed by atoms with E-state index in [0.29, 0.717) is 23.6 Å². The molecule has 2 rings (SSSR count). The van der Waals surface area contributed by atoms with Gasteiger partial charge in [0.25, 0.3) is 0 Å². The number of aliphatic hydroxyl groups excluding tert-OH is 1. The van der Waals surface area contributed by atoms with E-state index >= 15 is 0 Å². The van der Waals surface area contributed by atoms with Gasteiger partial charge in [0.15, 0.2) is 5.76 Å². The van der Waals surface area contributed by atoms with E-state index in [1.807, 2.05) is 0 Å². The first-order chi connectivity index (χ1) is 9.60. The summed E-state index contributed by atoms with van der Waals surface area (Å²) in [5.41, 5.74) is 1.09. The highest BCUT2D eigenvalue weighted by molar-refractivity contribution is 5.35. The Bertz CT molecular complexity index is 568. The molecule has 0 saturated heterocycles. The zero-order valence-electron chi connectivity index (χ0n) is 11.3. The fourth-order valence-corrected chi connectivity index (χ4v) is 1.76. The molecule has 0 aliphatic carbocycles. The van der Waals surface area contributed by atoms with Crippen LogP contribution in [0, 0.1) is 5.82 Å². The molecule has 0 aliphatic heterocycles. The minimum atomic E-state index is -0.744. The number of hydrogen-bond donors (Lipinski definition) is 1. The highest BCUT2D eigenvalue weighted by atomic mass is 19.1. The normalized spacial score (nSPS) is 12.4. The van der Waals surface area contributed by atoms with E-state index in [1.54, 1.807) is 20.1 Å². The molecular formula is C14H16FNO4. The number of aromatic nitrogens is 1. The average molecular weight is 281 g/mol. The van der Waals surface area contributed by atoms with Crippen molar-refractivity contribution in [1.29, 1.82) is 0 Å². The van der Waals surface area contributed by atoms with Gasteiger partial charge in [-0.15, -0.1) is 0 Å². The van der Waals surface area contributed by atoms with Gasteiger partial charge in [0.05, 0.1) is 6.10 Å². The Morgan fingerprint density at radius 2 is 2.15 bits per heavy atom. The topological polar surface area (TPSA) is 64.7 Å². The smallest absolute Gasteiger partial charge is 0.162 e. The van der Waals surface area contributed by atoms with Crippen LogP contribution in [0.1, 0.15) is 30.0 Å². The minimum Gasteiger partial charge on any atom is -0.487 e. The molecule has 20 heavy (non-hydrogen) atoms. The first-order valence-electron chi connectivity index (χ1n) is 6.14. The van der Waals surface area contributed by atoms with Crippen molar-refractivity contribution in [1.82, 2.24) is 5.16 Å². The van der Waals surface area contributed by atoms with Crippen molar-refractivity contribution in [3.8, 4) is 5.75 Å². The Hall–Kier alpha value is -1.92. The summed E-state index contributed by atoms with van der Waals surface area (Å²) in [5, 5.41) is 13.4. The van der Waals surface area contributed by atoms with Crippen molar-refractivity contribution < 1.29 is 23.5 Å². The Balaban J connectivity index is 2.07. The van der Waals surface area contributed by atoms with Crippen LogP contribution in [0.4, 0.5) is 4.39 Å². The van der Waals surface area contributed by atoms with Gasteiger partial charge < -0.3 is 19.1 Å². The lowest BCUT2D eigenvalue weighted by Gasteiger charge is -2.12. The summed E-state index contributed by atoms with van der Waals surface area (Å²) in [7, 11) is 1.56. The van der Waals surface area contributed by atoms with Crippen molar-refractivity contribution >= 4 is 0 Å². The van der Waals surface area contributed by atoms with Crippen molar-refractivity contribution in [2.24, 2.45) is 0 Å². The number of rotatable bonds is 6. The molecule has 1 aromatic heterocycles. The minimum absolute atomic E-state index is 0.121. The molecule has 0 radical (unpaired) electrons.